The lowest BCUT2D eigenvalue weighted by Gasteiger charge is -2.21. The van der Waals surface area contributed by atoms with E-state index in [2.05, 4.69) is 64.7 Å². The number of guanidine groups is 1. The van der Waals surface area contributed by atoms with Crippen LogP contribution in [0.2, 0.25) is 0 Å². The fourth-order valence-corrected chi connectivity index (χ4v) is 4.68. The van der Waals surface area contributed by atoms with E-state index in [0.717, 1.165) is 37.8 Å². The second kappa shape index (κ2) is 11.6. The van der Waals surface area contributed by atoms with Crippen LogP contribution in [0.5, 0.6) is 5.75 Å². The van der Waals surface area contributed by atoms with Crippen LogP contribution in [0.1, 0.15) is 23.1 Å². The van der Waals surface area contributed by atoms with Crippen molar-refractivity contribution < 1.29 is 4.74 Å². The van der Waals surface area contributed by atoms with Gasteiger partial charge in [-0.05, 0) is 50.5 Å². The van der Waals surface area contributed by atoms with Crippen molar-refractivity contribution in [3.63, 3.8) is 0 Å². The summed E-state index contributed by atoms with van der Waals surface area (Å²) < 4.78 is 5.35. The van der Waals surface area contributed by atoms with Crippen molar-refractivity contribution in [2.24, 2.45) is 10.9 Å². The Morgan fingerprint density at radius 2 is 2.17 bits per heavy atom. The molecule has 1 aliphatic rings. The van der Waals surface area contributed by atoms with E-state index < -0.39 is 0 Å². The zero-order chi connectivity index (χ0) is 19.9. The van der Waals surface area contributed by atoms with Crippen LogP contribution in [-0.4, -0.2) is 45.8 Å². The summed E-state index contributed by atoms with van der Waals surface area (Å²) in [5, 5.41) is 7.04. The Bertz CT molecular complexity index is 795. The van der Waals surface area contributed by atoms with Gasteiger partial charge in [0, 0.05) is 60.7 Å². The minimum Gasteiger partial charge on any atom is -0.497 e. The van der Waals surface area contributed by atoms with Crippen LogP contribution in [0.3, 0.4) is 0 Å². The molecule has 5 nitrogen and oxygen atoms in total. The number of hydrogen-bond donors (Lipinski definition) is 2. The fourth-order valence-electron chi connectivity index (χ4n) is 3.66. The third-order valence-corrected chi connectivity index (χ3v) is 6.20. The van der Waals surface area contributed by atoms with E-state index in [-0.39, 0.29) is 24.0 Å². The van der Waals surface area contributed by atoms with E-state index in [1.165, 1.54) is 21.9 Å². The molecule has 0 amide bonds. The van der Waals surface area contributed by atoms with Gasteiger partial charge in [-0.3, -0.25) is 4.99 Å². The minimum absolute atomic E-state index is 0. The average molecular weight is 529 g/mol. The van der Waals surface area contributed by atoms with Crippen molar-refractivity contribution in [1.82, 2.24) is 10.6 Å². The third kappa shape index (κ3) is 7.06. The summed E-state index contributed by atoms with van der Waals surface area (Å²) in [7, 11) is 3.56. The molecule has 1 aliphatic heterocycles. The zero-order valence-corrected chi connectivity index (χ0v) is 20.9. The van der Waals surface area contributed by atoms with Gasteiger partial charge >= 0.3 is 0 Å². The molecule has 2 unspecified atom stereocenters. The van der Waals surface area contributed by atoms with Gasteiger partial charge in [-0.25, -0.2) is 0 Å². The summed E-state index contributed by atoms with van der Waals surface area (Å²) in [5.74, 6) is 2.42. The topological polar surface area (TPSA) is 48.9 Å². The third-order valence-electron chi connectivity index (χ3n) is 5.17. The van der Waals surface area contributed by atoms with Crippen molar-refractivity contribution in [2.75, 3.05) is 38.7 Å². The Morgan fingerprint density at radius 3 is 2.86 bits per heavy atom. The van der Waals surface area contributed by atoms with Gasteiger partial charge in [-0.1, -0.05) is 6.07 Å². The van der Waals surface area contributed by atoms with E-state index in [1.54, 1.807) is 7.11 Å². The van der Waals surface area contributed by atoms with Crippen LogP contribution >= 0.6 is 35.3 Å². The highest BCUT2D eigenvalue weighted by Crippen LogP contribution is 2.26. The van der Waals surface area contributed by atoms with Crippen LogP contribution in [0, 0.1) is 12.8 Å². The van der Waals surface area contributed by atoms with Gasteiger partial charge in [0.05, 0.1) is 7.11 Å². The quantitative estimate of drug-likeness (QED) is 0.320. The highest BCUT2D eigenvalue weighted by molar-refractivity contribution is 14.0. The number of aryl methyl sites for hydroxylation is 1. The van der Waals surface area contributed by atoms with E-state index in [4.69, 9.17) is 4.74 Å². The molecule has 7 heteroatoms. The Labute approximate surface area is 196 Å². The molecule has 0 spiro atoms. The smallest absolute Gasteiger partial charge is 0.191 e. The first-order chi connectivity index (χ1) is 13.6. The molecule has 0 saturated carbocycles. The van der Waals surface area contributed by atoms with Crippen molar-refractivity contribution >= 4 is 47.0 Å². The van der Waals surface area contributed by atoms with Crippen LogP contribution in [0.25, 0.3) is 0 Å². The number of anilines is 1. The molecule has 1 fully saturated rings. The molecule has 1 aromatic carbocycles. The summed E-state index contributed by atoms with van der Waals surface area (Å²) in [6, 6.07) is 13.1. The molecule has 1 saturated heterocycles. The molecule has 2 heterocycles. The second-order valence-corrected chi connectivity index (χ2v) is 8.89. The second-order valence-electron chi connectivity index (χ2n) is 7.52. The molecule has 3 rings (SSSR count). The molecule has 0 bridgehead atoms. The fraction of sp³-hybridized carbons (Fsp3) is 0.500. The van der Waals surface area contributed by atoms with Gasteiger partial charge in [-0.15, -0.1) is 35.3 Å². The van der Waals surface area contributed by atoms with E-state index in [0.29, 0.717) is 12.0 Å². The molecule has 160 valence electrons. The van der Waals surface area contributed by atoms with Crippen LogP contribution < -0.4 is 20.3 Å². The standard InChI is InChI=1S/C22H32N4OS.HI/c1-16(12-21-9-8-17(2)28-21)25-22(23-3)24-14-18-10-11-26(15-18)19-6-5-7-20(13-19)27-4;/h5-9,13,16,18H,10-12,14-15H2,1-4H3,(H2,23,24,25);1H. The van der Waals surface area contributed by atoms with E-state index in [1.807, 2.05) is 24.5 Å². The first-order valence-corrected chi connectivity index (χ1v) is 10.8. The monoisotopic (exact) mass is 528 g/mol. The Balaban J connectivity index is 0.00000300. The lowest BCUT2D eigenvalue weighted by atomic mass is 10.1. The van der Waals surface area contributed by atoms with Gasteiger partial charge in [0.2, 0.25) is 0 Å². The summed E-state index contributed by atoms with van der Waals surface area (Å²) in [6.07, 6.45) is 2.21. The maximum atomic E-state index is 5.35. The number of aliphatic imine (C=N–C) groups is 1. The zero-order valence-electron chi connectivity index (χ0n) is 17.8. The van der Waals surface area contributed by atoms with E-state index in [9.17, 15) is 0 Å². The number of nitrogens with one attached hydrogen (secondary N) is 2. The molecule has 2 N–H and O–H groups in total. The van der Waals surface area contributed by atoms with Gasteiger partial charge < -0.3 is 20.3 Å². The lowest BCUT2D eigenvalue weighted by Crippen LogP contribution is -2.44. The summed E-state index contributed by atoms with van der Waals surface area (Å²) in [4.78, 5) is 9.62. The van der Waals surface area contributed by atoms with Gasteiger partial charge in [0.25, 0.3) is 0 Å². The first kappa shape index (κ1) is 23.8. The lowest BCUT2D eigenvalue weighted by molar-refractivity contribution is 0.415. The molecule has 0 aliphatic carbocycles. The van der Waals surface area contributed by atoms with Crippen LogP contribution in [0.4, 0.5) is 5.69 Å². The van der Waals surface area contributed by atoms with Crippen molar-refractivity contribution in [3.8, 4) is 5.75 Å². The predicted molar refractivity (Wildman–Crippen MR) is 135 cm³/mol. The predicted octanol–water partition coefficient (Wildman–Crippen LogP) is 4.31. The maximum Gasteiger partial charge on any atom is 0.191 e. The highest BCUT2D eigenvalue weighted by atomic mass is 127. The summed E-state index contributed by atoms with van der Waals surface area (Å²) >= 11 is 1.87. The SMILES string of the molecule is CN=C(NCC1CCN(c2cccc(OC)c2)C1)NC(C)Cc1ccc(C)s1.I. The number of ether oxygens (including phenoxy) is 1. The molecule has 29 heavy (non-hydrogen) atoms. The Morgan fingerprint density at radius 1 is 1.34 bits per heavy atom. The van der Waals surface area contributed by atoms with Crippen LogP contribution in [0.15, 0.2) is 41.4 Å². The number of halogens is 1. The normalized spacial score (nSPS) is 17.6. The number of rotatable bonds is 7. The van der Waals surface area contributed by atoms with Crippen molar-refractivity contribution in [1.29, 1.82) is 0 Å². The molecule has 2 aromatic rings. The van der Waals surface area contributed by atoms with Gasteiger partial charge in [0.1, 0.15) is 5.75 Å². The Hall–Kier alpha value is -1.48. The van der Waals surface area contributed by atoms with Gasteiger partial charge in [-0.2, -0.15) is 0 Å². The molecular weight excluding hydrogens is 495 g/mol. The Kier molecular flexibility index (Phi) is 9.55. The van der Waals surface area contributed by atoms with Crippen molar-refractivity contribution in [3.05, 3.63) is 46.2 Å². The number of thiophene rings is 1. The largest absolute Gasteiger partial charge is 0.497 e. The molecular formula is C22H33IN4OS. The highest BCUT2D eigenvalue weighted by Gasteiger charge is 2.23. The summed E-state index contributed by atoms with van der Waals surface area (Å²) in [5.41, 5.74) is 1.24. The molecule has 1 aromatic heterocycles. The number of hydrogen-bond acceptors (Lipinski definition) is 4. The van der Waals surface area contributed by atoms with E-state index >= 15 is 0 Å². The number of nitrogens with zero attached hydrogens (tertiary/aromatic N) is 2. The number of methoxy groups -OCH3 is 1. The minimum atomic E-state index is 0. The molecule has 0 radical (unpaired) electrons. The average Bonchev–Trinajstić information content (AvgIpc) is 3.34. The molecule has 2 atom stereocenters. The first-order valence-electron chi connectivity index (χ1n) is 9.99. The summed E-state index contributed by atoms with van der Waals surface area (Å²) in [6.45, 7) is 7.44. The van der Waals surface area contributed by atoms with Crippen molar-refractivity contribution in [2.45, 2.75) is 32.7 Å². The van der Waals surface area contributed by atoms with Crippen LogP contribution in [-0.2, 0) is 6.42 Å². The maximum absolute atomic E-state index is 5.35. The number of benzene rings is 1. The van der Waals surface area contributed by atoms with Gasteiger partial charge in [0.15, 0.2) is 5.96 Å².